The first kappa shape index (κ1) is 16.0. The SMILES string of the molecule is COCCOCCC(O)c1ccc(C)c(C)c1OC. The maximum Gasteiger partial charge on any atom is 0.127 e. The van der Waals surface area contributed by atoms with Crippen LogP contribution in [0.1, 0.15) is 29.2 Å². The third-order valence-corrected chi connectivity index (χ3v) is 3.24. The summed E-state index contributed by atoms with van der Waals surface area (Å²) in [6.45, 7) is 5.65. The van der Waals surface area contributed by atoms with Crippen LogP contribution in [0, 0.1) is 13.8 Å². The number of hydrogen-bond acceptors (Lipinski definition) is 4. The molecule has 4 heteroatoms. The molecule has 0 saturated heterocycles. The molecule has 1 unspecified atom stereocenters. The zero-order chi connectivity index (χ0) is 14.3. The minimum Gasteiger partial charge on any atom is -0.496 e. The first-order chi connectivity index (χ1) is 9.11. The minimum absolute atomic E-state index is 0.501. The van der Waals surface area contributed by atoms with E-state index in [0.29, 0.717) is 26.2 Å². The lowest BCUT2D eigenvalue weighted by Crippen LogP contribution is -2.08. The molecule has 1 aromatic rings. The molecule has 0 spiro atoms. The fourth-order valence-corrected chi connectivity index (χ4v) is 1.94. The summed E-state index contributed by atoms with van der Waals surface area (Å²) in [6.07, 6.45) is -0.0282. The van der Waals surface area contributed by atoms with Gasteiger partial charge in [0.25, 0.3) is 0 Å². The Labute approximate surface area is 115 Å². The Balaban J connectivity index is 2.61. The number of aliphatic hydroxyl groups is 1. The summed E-state index contributed by atoms with van der Waals surface area (Å²) in [5, 5.41) is 10.2. The molecule has 1 atom stereocenters. The molecular weight excluding hydrogens is 244 g/mol. The molecule has 0 aromatic heterocycles. The van der Waals surface area contributed by atoms with Gasteiger partial charge >= 0.3 is 0 Å². The molecule has 1 N–H and O–H groups in total. The largest absolute Gasteiger partial charge is 0.496 e. The Kier molecular flexibility index (Phi) is 6.84. The molecule has 1 rings (SSSR count). The van der Waals surface area contributed by atoms with Crippen LogP contribution in [0.5, 0.6) is 5.75 Å². The standard InChI is InChI=1S/C15H24O4/c1-11-5-6-13(15(18-4)12(11)2)14(16)7-8-19-10-9-17-3/h5-6,14,16H,7-10H2,1-4H3. The average molecular weight is 268 g/mol. The highest BCUT2D eigenvalue weighted by Gasteiger charge is 2.15. The lowest BCUT2D eigenvalue weighted by Gasteiger charge is -2.18. The molecule has 0 aliphatic carbocycles. The van der Waals surface area contributed by atoms with Crippen molar-refractivity contribution in [1.29, 1.82) is 0 Å². The first-order valence-corrected chi connectivity index (χ1v) is 6.50. The van der Waals surface area contributed by atoms with Crippen molar-refractivity contribution in [2.45, 2.75) is 26.4 Å². The van der Waals surface area contributed by atoms with E-state index in [1.54, 1.807) is 14.2 Å². The van der Waals surface area contributed by atoms with Gasteiger partial charge in [-0.2, -0.15) is 0 Å². The van der Waals surface area contributed by atoms with Crippen molar-refractivity contribution >= 4 is 0 Å². The lowest BCUT2D eigenvalue weighted by atomic mass is 9.99. The smallest absolute Gasteiger partial charge is 0.127 e. The van der Waals surface area contributed by atoms with Crippen molar-refractivity contribution in [3.63, 3.8) is 0 Å². The maximum atomic E-state index is 10.2. The minimum atomic E-state index is -0.572. The van der Waals surface area contributed by atoms with Gasteiger partial charge < -0.3 is 19.3 Å². The van der Waals surface area contributed by atoms with Crippen molar-refractivity contribution in [2.75, 3.05) is 34.0 Å². The quantitative estimate of drug-likeness (QED) is 0.735. The maximum absolute atomic E-state index is 10.2. The third-order valence-electron chi connectivity index (χ3n) is 3.24. The van der Waals surface area contributed by atoms with E-state index in [-0.39, 0.29) is 0 Å². The first-order valence-electron chi connectivity index (χ1n) is 6.50. The summed E-state index contributed by atoms with van der Waals surface area (Å²) in [5.41, 5.74) is 3.05. The molecule has 0 aliphatic rings. The molecule has 0 bridgehead atoms. The number of methoxy groups -OCH3 is 2. The number of rotatable bonds is 8. The Hall–Kier alpha value is -1.10. The highest BCUT2D eigenvalue weighted by molar-refractivity contribution is 5.46. The zero-order valence-corrected chi connectivity index (χ0v) is 12.2. The summed E-state index contributed by atoms with van der Waals surface area (Å²) >= 11 is 0. The number of hydrogen-bond donors (Lipinski definition) is 1. The van der Waals surface area contributed by atoms with Crippen molar-refractivity contribution in [2.24, 2.45) is 0 Å². The fraction of sp³-hybridized carbons (Fsp3) is 0.600. The molecule has 4 nitrogen and oxygen atoms in total. The Morgan fingerprint density at radius 1 is 1.11 bits per heavy atom. The summed E-state index contributed by atoms with van der Waals surface area (Å²) in [4.78, 5) is 0. The number of ether oxygens (including phenoxy) is 3. The highest BCUT2D eigenvalue weighted by atomic mass is 16.5. The van der Waals surface area contributed by atoms with E-state index in [4.69, 9.17) is 14.2 Å². The van der Waals surface area contributed by atoms with Crippen LogP contribution in [0.4, 0.5) is 0 Å². The second-order valence-corrected chi connectivity index (χ2v) is 4.54. The van der Waals surface area contributed by atoms with E-state index in [0.717, 1.165) is 22.4 Å². The van der Waals surface area contributed by atoms with Gasteiger partial charge in [0.2, 0.25) is 0 Å². The number of aliphatic hydroxyl groups excluding tert-OH is 1. The molecule has 0 aliphatic heterocycles. The summed E-state index contributed by atoms with van der Waals surface area (Å²) in [5.74, 6) is 0.768. The zero-order valence-electron chi connectivity index (χ0n) is 12.2. The van der Waals surface area contributed by atoms with Crippen molar-refractivity contribution in [3.8, 4) is 5.75 Å². The third kappa shape index (κ3) is 4.49. The summed E-state index contributed by atoms with van der Waals surface area (Å²) < 4.78 is 15.7. The monoisotopic (exact) mass is 268 g/mol. The van der Waals surface area contributed by atoms with E-state index in [1.165, 1.54) is 0 Å². The Morgan fingerprint density at radius 2 is 1.84 bits per heavy atom. The van der Waals surface area contributed by atoms with E-state index in [9.17, 15) is 5.11 Å². The van der Waals surface area contributed by atoms with Crippen LogP contribution in [0.15, 0.2) is 12.1 Å². The predicted molar refractivity (Wildman–Crippen MR) is 74.7 cm³/mol. The summed E-state index contributed by atoms with van der Waals surface area (Å²) in [6, 6.07) is 3.92. The van der Waals surface area contributed by atoms with Crippen LogP contribution < -0.4 is 4.74 Å². The van der Waals surface area contributed by atoms with Crippen molar-refractivity contribution in [3.05, 3.63) is 28.8 Å². The van der Waals surface area contributed by atoms with Gasteiger partial charge in [-0.25, -0.2) is 0 Å². The van der Waals surface area contributed by atoms with Gasteiger partial charge in [0, 0.05) is 25.7 Å². The molecule has 1 aromatic carbocycles. The van der Waals surface area contributed by atoms with Gasteiger partial charge in [-0.05, 0) is 25.0 Å². The fourth-order valence-electron chi connectivity index (χ4n) is 1.94. The molecule has 0 amide bonds. The van der Waals surface area contributed by atoms with Crippen molar-refractivity contribution < 1.29 is 19.3 Å². The topological polar surface area (TPSA) is 47.9 Å². The molecule has 0 fully saturated rings. The Bertz CT molecular complexity index is 390. The normalized spacial score (nSPS) is 12.5. The Morgan fingerprint density at radius 3 is 2.47 bits per heavy atom. The second-order valence-electron chi connectivity index (χ2n) is 4.54. The molecule has 0 heterocycles. The van der Waals surface area contributed by atoms with Gasteiger partial charge in [0.15, 0.2) is 0 Å². The van der Waals surface area contributed by atoms with E-state index in [1.807, 2.05) is 26.0 Å². The second kappa shape index (κ2) is 8.15. The van der Waals surface area contributed by atoms with Crippen LogP contribution in [0.3, 0.4) is 0 Å². The summed E-state index contributed by atoms with van der Waals surface area (Å²) in [7, 11) is 3.27. The van der Waals surface area contributed by atoms with Gasteiger partial charge in [0.05, 0.1) is 26.4 Å². The predicted octanol–water partition coefficient (Wildman–Crippen LogP) is 2.40. The van der Waals surface area contributed by atoms with Gasteiger partial charge in [-0.1, -0.05) is 12.1 Å². The van der Waals surface area contributed by atoms with Crippen LogP contribution >= 0.6 is 0 Å². The number of benzene rings is 1. The van der Waals surface area contributed by atoms with Gasteiger partial charge in [0.1, 0.15) is 5.75 Å². The van der Waals surface area contributed by atoms with Crippen molar-refractivity contribution in [1.82, 2.24) is 0 Å². The molecular formula is C15H24O4. The average Bonchev–Trinajstić information content (AvgIpc) is 2.41. The molecule has 108 valence electrons. The van der Waals surface area contributed by atoms with Crippen LogP contribution in [0.2, 0.25) is 0 Å². The van der Waals surface area contributed by atoms with Crippen LogP contribution in [0.25, 0.3) is 0 Å². The van der Waals surface area contributed by atoms with E-state index >= 15 is 0 Å². The van der Waals surface area contributed by atoms with E-state index in [2.05, 4.69) is 0 Å². The number of aryl methyl sites for hydroxylation is 1. The highest BCUT2D eigenvalue weighted by Crippen LogP contribution is 2.32. The van der Waals surface area contributed by atoms with Crippen LogP contribution in [-0.2, 0) is 9.47 Å². The molecule has 0 saturated carbocycles. The van der Waals surface area contributed by atoms with E-state index < -0.39 is 6.10 Å². The van der Waals surface area contributed by atoms with Gasteiger partial charge in [-0.15, -0.1) is 0 Å². The van der Waals surface area contributed by atoms with Gasteiger partial charge in [-0.3, -0.25) is 0 Å². The van der Waals surface area contributed by atoms with Crippen LogP contribution in [-0.4, -0.2) is 39.1 Å². The molecule has 19 heavy (non-hydrogen) atoms. The lowest BCUT2D eigenvalue weighted by molar-refractivity contribution is 0.0470. The molecule has 0 radical (unpaired) electrons.